The van der Waals surface area contributed by atoms with Crippen molar-refractivity contribution in [3.05, 3.63) is 71.8 Å². The van der Waals surface area contributed by atoms with Gasteiger partial charge in [0, 0.05) is 6.42 Å². The molecule has 0 aliphatic rings. The van der Waals surface area contributed by atoms with Gasteiger partial charge in [-0.15, -0.1) is 0 Å². The minimum absolute atomic E-state index is 0.0301. The summed E-state index contributed by atoms with van der Waals surface area (Å²) in [7, 11) is 0. The molecule has 0 saturated carbocycles. The van der Waals surface area contributed by atoms with E-state index < -0.39 is 29.8 Å². The molecule has 2 aromatic carbocycles. The molecule has 0 fully saturated rings. The highest BCUT2D eigenvalue weighted by molar-refractivity contribution is 5.94. The smallest absolute Gasteiger partial charge is 0.411 e. The van der Waals surface area contributed by atoms with E-state index in [0.717, 1.165) is 49.6 Å². The second kappa shape index (κ2) is 26.9. The largest absolute Gasteiger partial charge is 0.465 e. The Labute approximate surface area is 325 Å². The summed E-state index contributed by atoms with van der Waals surface area (Å²) in [6.07, 6.45) is 16.6. The minimum Gasteiger partial charge on any atom is -0.465 e. The van der Waals surface area contributed by atoms with Gasteiger partial charge in [0.15, 0.2) is 0 Å². The summed E-state index contributed by atoms with van der Waals surface area (Å²) in [6.45, 7) is 8.70. The van der Waals surface area contributed by atoms with Gasteiger partial charge in [0.2, 0.25) is 5.91 Å². The molecule has 0 aliphatic heterocycles. The first-order chi connectivity index (χ1) is 26.0. The maximum Gasteiger partial charge on any atom is 0.411 e. The van der Waals surface area contributed by atoms with Crippen molar-refractivity contribution in [3.63, 3.8) is 0 Å². The molecular formula is C44H70N4O6. The number of nitrogens with one attached hydrogen (secondary N) is 4. The first kappa shape index (κ1) is 46.4. The van der Waals surface area contributed by atoms with Gasteiger partial charge in [-0.25, -0.2) is 9.59 Å². The highest BCUT2D eigenvalue weighted by atomic mass is 16.4. The summed E-state index contributed by atoms with van der Waals surface area (Å²) in [5, 5.41) is 31.2. The lowest BCUT2D eigenvalue weighted by Gasteiger charge is -2.45. The number of carbonyl (C=O) groups is 4. The lowest BCUT2D eigenvalue weighted by Crippen LogP contribution is -2.70. The zero-order valence-corrected chi connectivity index (χ0v) is 33.5. The molecule has 10 heteroatoms. The van der Waals surface area contributed by atoms with Crippen LogP contribution in [0.1, 0.15) is 135 Å². The molecule has 54 heavy (non-hydrogen) atoms. The molecular weight excluding hydrogens is 681 g/mol. The van der Waals surface area contributed by atoms with Gasteiger partial charge >= 0.3 is 12.2 Å². The fourth-order valence-electron chi connectivity index (χ4n) is 7.37. The summed E-state index contributed by atoms with van der Waals surface area (Å²) in [6, 6.07) is 18.6. The number of carboxylic acid groups (broad SMARTS) is 2. The lowest BCUT2D eigenvalue weighted by atomic mass is 9.78. The predicted molar refractivity (Wildman–Crippen MR) is 218 cm³/mol. The molecule has 0 radical (unpaired) electrons. The van der Waals surface area contributed by atoms with Crippen molar-refractivity contribution in [2.75, 3.05) is 6.54 Å². The summed E-state index contributed by atoms with van der Waals surface area (Å²) < 4.78 is 0. The van der Waals surface area contributed by atoms with Crippen molar-refractivity contribution in [3.8, 4) is 0 Å². The number of amides is 3. The molecule has 4 unspecified atom stereocenters. The maximum atomic E-state index is 13.2. The van der Waals surface area contributed by atoms with Crippen molar-refractivity contribution >= 4 is 24.4 Å². The van der Waals surface area contributed by atoms with Crippen LogP contribution in [-0.4, -0.2) is 58.9 Å². The van der Waals surface area contributed by atoms with E-state index in [1.807, 2.05) is 79.8 Å². The van der Waals surface area contributed by atoms with Crippen LogP contribution in [0.25, 0.3) is 0 Å². The van der Waals surface area contributed by atoms with Crippen LogP contribution in [0.5, 0.6) is 0 Å². The lowest BCUT2D eigenvalue weighted by molar-refractivity contribution is -0.124. The van der Waals surface area contributed by atoms with E-state index in [1.165, 1.54) is 64.2 Å². The van der Waals surface area contributed by atoms with Crippen LogP contribution < -0.4 is 21.3 Å². The van der Waals surface area contributed by atoms with E-state index >= 15 is 0 Å². The molecule has 302 valence electrons. The van der Waals surface area contributed by atoms with E-state index in [0.29, 0.717) is 18.8 Å². The molecule has 0 saturated heterocycles. The Hall–Kier alpha value is -3.76. The number of aldehydes is 1. The molecule has 2 rings (SSSR count). The summed E-state index contributed by atoms with van der Waals surface area (Å²) >= 11 is 0. The SMILES string of the molecule is CC(C)C(C=O)NCCCCCCCCCCCCCCCCC(Cc1ccccc1)C(Cc1ccccc1)(NC(=O)O)NC(C(=O)NC(=O)O)C(C)C. The van der Waals surface area contributed by atoms with E-state index in [4.69, 9.17) is 0 Å². The highest BCUT2D eigenvalue weighted by Crippen LogP contribution is 2.31. The van der Waals surface area contributed by atoms with Crippen LogP contribution in [0.3, 0.4) is 0 Å². The molecule has 0 heterocycles. The summed E-state index contributed by atoms with van der Waals surface area (Å²) in [5.74, 6) is -0.937. The van der Waals surface area contributed by atoms with Gasteiger partial charge < -0.3 is 25.6 Å². The average Bonchev–Trinajstić information content (AvgIpc) is 3.12. The van der Waals surface area contributed by atoms with Crippen LogP contribution >= 0.6 is 0 Å². The fourth-order valence-corrected chi connectivity index (χ4v) is 7.37. The Morgan fingerprint density at radius 3 is 1.57 bits per heavy atom. The fraction of sp³-hybridized carbons (Fsp3) is 0.636. The molecule has 3 amide bonds. The van der Waals surface area contributed by atoms with Gasteiger partial charge in [0.1, 0.15) is 11.9 Å². The monoisotopic (exact) mass is 751 g/mol. The van der Waals surface area contributed by atoms with Gasteiger partial charge in [-0.3, -0.25) is 15.4 Å². The van der Waals surface area contributed by atoms with Crippen LogP contribution in [0.4, 0.5) is 9.59 Å². The molecule has 10 nitrogen and oxygen atoms in total. The van der Waals surface area contributed by atoms with Gasteiger partial charge in [0.05, 0.1) is 12.1 Å². The van der Waals surface area contributed by atoms with Gasteiger partial charge in [0.25, 0.3) is 0 Å². The topological polar surface area (TPSA) is 157 Å². The number of unbranched alkanes of at least 4 members (excludes halogenated alkanes) is 13. The zero-order chi connectivity index (χ0) is 39.6. The Balaban J connectivity index is 1.95. The van der Waals surface area contributed by atoms with E-state index in [2.05, 4.69) is 29.8 Å². The number of hydrogen-bond donors (Lipinski definition) is 6. The second-order valence-electron chi connectivity index (χ2n) is 15.7. The molecule has 4 atom stereocenters. The molecule has 0 spiro atoms. The van der Waals surface area contributed by atoms with E-state index in [-0.39, 0.29) is 24.3 Å². The van der Waals surface area contributed by atoms with Crippen molar-refractivity contribution < 1.29 is 29.4 Å². The number of benzene rings is 2. The van der Waals surface area contributed by atoms with Crippen molar-refractivity contribution in [1.82, 2.24) is 21.3 Å². The Morgan fingerprint density at radius 2 is 1.13 bits per heavy atom. The molecule has 0 aliphatic carbocycles. The standard InChI is InChI=1S/C44H70N4O6/c1-34(2)39(33-49)45-30-24-16-14-12-10-8-6-5-7-9-11-13-15-23-29-38(31-36-25-19-17-20-26-36)44(48-43(53)54,32-37-27-21-18-22-28-37)47-40(35(3)4)41(50)46-42(51)52/h17-22,25-28,33-35,38-40,45,47-48H,5-16,23-24,29-32H2,1-4H3,(H,46,50)(H,51,52)(H,53,54). The molecule has 0 bridgehead atoms. The van der Waals surface area contributed by atoms with Crippen molar-refractivity contribution in [2.45, 2.75) is 155 Å². The van der Waals surface area contributed by atoms with E-state index in [9.17, 15) is 29.4 Å². The molecule has 6 N–H and O–H groups in total. The number of carbonyl (C=O) groups excluding carboxylic acids is 2. The van der Waals surface area contributed by atoms with Crippen LogP contribution in [0.15, 0.2) is 60.7 Å². The van der Waals surface area contributed by atoms with Crippen molar-refractivity contribution in [1.29, 1.82) is 0 Å². The number of rotatable bonds is 30. The predicted octanol–water partition coefficient (Wildman–Crippen LogP) is 9.12. The Morgan fingerprint density at radius 1 is 0.648 bits per heavy atom. The normalized spacial score (nSPS) is 14.3. The molecule has 2 aromatic rings. The minimum atomic E-state index is -1.45. The zero-order valence-electron chi connectivity index (χ0n) is 33.5. The summed E-state index contributed by atoms with van der Waals surface area (Å²) in [5.41, 5.74) is 0.699. The third-order valence-electron chi connectivity index (χ3n) is 10.5. The van der Waals surface area contributed by atoms with Gasteiger partial charge in [-0.05, 0) is 54.7 Å². The number of hydrogen-bond acceptors (Lipinski definition) is 6. The maximum absolute atomic E-state index is 13.2. The van der Waals surface area contributed by atoms with E-state index in [1.54, 1.807) is 0 Å². The van der Waals surface area contributed by atoms with Crippen LogP contribution in [0.2, 0.25) is 0 Å². The van der Waals surface area contributed by atoms with Gasteiger partial charge in [-0.2, -0.15) is 0 Å². The first-order valence-electron chi connectivity index (χ1n) is 20.6. The average molecular weight is 751 g/mol. The van der Waals surface area contributed by atoms with Crippen molar-refractivity contribution in [2.24, 2.45) is 17.8 Å². The molecule has 0 aromatic heterocycles. The third-order valence-corrected chi connectivity index (χ3v) is 10.5. The van der Waals surface area contributed by atoms with Gasteiger partial charge in [-0.1, -0.05) is 172 Å². The summed E-state index contributed by atoms with van der Waals surface area (Å²) in [4.78, 5) is 48.4. The van der Waals surface area contributed by atoms with Crippen LogP contribution in [0, 0.1) is 17.8 Å². The Bertz CT molecular complexity index is 1320. The second-order valence-corrected chi connectivity index (χ2v) is 15.7. The van der Waals surface area contributed by atoms with Crippen LogP contribution in [-0.2, 0) is 22.4 Å². The highest BCUT2D eigenvalue weighted by Gasteiger charge is 2.44. The third kappa shape index (κ3) is 19.0. The first-order valence-corrected chi connectivity index (χ1v) is 20.6. The quantitative estimate of drug-likeness (QED) is 0.0262. The number of imide groups is 1. The Kier molecular flexibility index (Phi) is 23.1.